The van der Waals surface area contributed by atoms with Gasteiger partial charge in [-0.15, -0.1) is 0 Å². The molecule has 3 rings (SSSR count). The molecule has 0 bridgehead atoms. The minimum absolute atomic E-state index is 0.182. The van der Waals surface area contributed by atoms with Gasteiger partial charge in [0.25, 0.3) is 0 Å². The molecule has 1 amide bonds. The summed E-state index contributed by atoms with van der Waals surface area (Å²) in [4.78, 5) is 14.5. The SMILES string of the molecule is NCC1CCCCN1C(=O)Cc1ccc(-n2cccn2)cc1. The van der Waals surface area contributed by atoms with Crippen LogP contribution in [0.2, 0.25) is 0 Å². The van der Waals surface area contributed by atoms with Crippen LogP contribution in [0.4, 0.5) is 0 Å². The van der Waals surface area contributed by atoms with Crippen molar-refractivity contribution in [3.05, 3.63) is 48.3 Å². The summed E-state index contributed by atoms with van der Waals surface area (Å²) in [7, 11) is 0. The summed E-state index contributed by atoms with van der Waals surface area (Å²) in [5.41, 5.74) is 7.82. The first kappa shape index (κ1) is 14.8. The Hall–Kier alpha value is -2.14. The number of carbonyl (C=O) groups is 1. The molecule has 5 heteroatoms. The van der Waals surface area contributed by atoms with Crippen LogP contribution >= 0.6 is 0 Å². The molecule has 2 heterocycles. The molecule has 1 atom stereocenters. The number of hydrogen-bond acceptors (Lipinski definition) is 3. The Labute approximate surface area is 130 Å². The Morgan fingerprint density at radius 3 is 2.77 bits per heavy atom. The van der Waals surface area contributed by atoms with Crippen molar-refractivity contribution in [3.63, 3.8) is 0 Å². The van der Waals surface area contributed by atoms with Crippen LogP contribution in [0.5, 0.6) is 0 Å². The maximum Gasteiger partial charge on any atom is 0.227 e. The van der Waals surface area contributed by atoms with E-state index in [1.54, 1.807) is 10.9 Å². The molecule has 0 spiro atoms. The molecule has 1 aromatic heterocycles. The number of hydrogen-bond donors (Lipinski definition) is 1. The Morgan fingerprint density at radius 2 is 2.09 bits per heavy atom. The van der Waals surface area contributed by atoms with Gasteiger partial charge in [-0.25, -0.2) is 4.68 Å². The van der Waals surface area contributed by atoms with E-state index in [1.807, 2.05) is 41.4 Å². The first-order valence-corrected chi connectivity index (χ1v) is 7.86. The second kappa shape index (κ2) is 6.75. The van der Waals surface area contributed by atoms with Gasteiger partial charge in [0.15, 0.2) is 0 Å². The maximum atomic E-state index is 12.5. The molecular formula is C17H22N4O. The first-order chi connectivity index (χ1) is 10.8. The van der Waals surface area contributed by atoms with Crippen molar-refractivity contribution in [2.24, 2.45) is 5.73 Å². The molecule has 0 radical (unpaired) electrons. The summed E-state index contributed by atoms with van der Waals surface area (Å²) >= 11 is 0. The summed E-state index contributed by atoms with van der Waals surface area (Å²) in [6.45, 7) is 1.40. The van der Waals surface area contributed by atoms with Crippen LogP contribution in [0, 0.1) is 0 Å². The van der Waals surface area contributed by atoms with Gasteiger partial charge in [-0.05, 0) is 43.0 Å². The third-order valence-corrected chi connectivity index (χ3v) is 4.28. The maximum absolute atomic E-state index is 12.5. The van der Waals surface area contributed by atoms with E-state index in [4.69, 9.17) is 5.73 Å². The molecule has 116 valence electrons. The lowest BCUT2D eigenvalue weighted by Crippen LogP contribution is -2.48. The van der Waals surface area contributed by atoms with Gasteiger partial charge < -0.3 is 10.6 Å². The van der Waals surface area contributed by atoms with E-state index in [-0.39, 0.29) is 11.9 Å². The molecule has 1 aliphatic rings. The van der Waals surface area contributed by atoms with Crippen LogP contribution in [0.15, 0.2) is 42.7 Å². The molecule has 1 fully saturated rings. The predicted octanol–water partition coefficient (Wildman–Crippen LogP) is 1.75. The molecule has 1 aliphatic heterocycles. The number of rotatable bonds is 4. The second-order valence-corrected chi connectivity index (χ2v) is 5.77. The van der Waals surface area contributed by atoms with Gasteiger partial charge >= 0.3 is 0 Å². The number of aromatic nitrogens is 2. The molecule has 5 nitrogen and oxygen atoms in total. The van der Waals surface area contributed by atoms with Gasteiger partial charge in [0.1, 0.15) is 0 Å². The van der Waals surface area contributed by atoms with Crippen molar-refractivity contribution in [2.45, 2.75) is 31.7 Å². The lowest BCUT2D eigenvalue weighted by molar-refractivity contribution is -0.133. The fourth-order valence-corrected chi connectivity index (χ4v) is 3.04. The lowest BCUT2D eigenvalue weighted by atomic mass is 10.0. The number of piperidine rings is 1. The van der Waals surface area contributed by atoms with Crippen LogP contribution < -0.4 is 5.73 Å². The molecule has 1 saturated heterocycles. The monoisotopic (exact) mass is 298 g/mol. The van der Waals surface area contributed by atoms with Crippen LogP contribution in [0.1, 0.15) is 24.8 Å². The van der Waals surface area contributed by atoms with Crippen molar-refractivity contribution < 1.29 is 4.79 Å². The molecule has 2 N–H and O–H groups in total. The van der Waals surface area contributed by atoms with E-state index >= 15 is 0 Å². The van der Waals surface area contributed by atoms with Crippen LogP contribution in [-0.4, -0.2) is 39.7 Å². The Morgan fingerprint density at radius 1 is 1.27 bits per heavy atom. The van der Waals surface area contributed by atoms with E-state index in [2.05, 4.69) is 5.10 Å². The number of benzene rings is 1. The van der Waals surface area contributed by atoms with E-state index in [1.165, 1.54) is 6.42 Å². The van der Waals surface area contributed by atoms with Crippen LogP contribution in [0.3, 0.4) is 0 Å². The van der Waals surface area contributed by atoms with Crippen molar-refractivity contribution in [3.8, 4) is 5.69 Å². The number of likely N-dealkylation sites (tertiary alicyclic amines) is 1. The van der Waals surface area contributed by atoms with Crippen molar-refractivity contribution in [2.75, 3.05) is 13.1 Å². The molecule has 0 aliphatic carbocycles. The summed E-state index contributed by atoms with van der Waals surface area (Å²) in [5, 5.41) is 4.20. The summed E-state index contributed by atoms with van der Waals surface area (Å²) in [6, 6.07) is 10.1. The predicted molar refractivity (Wildman–Crippen MR) is 85.7 cm³/mol. The molecule has 1 aromatic carbocycles. The molecule has 0 saturated carbocycles. The number of amides is 1. The first-order valence-electron chi connectivity index (χ1n) is 7.86. The zero-order valence-corrected chi connectivity index (χ0v) is 12.7. The zero-order chi connectivity index (χ0) is 15.4. The van der Waals surface area contributed by atoms with Crippen LogP contribution in [-0.2, 0) is 11.2 Å². The topological polar surface area (TPSA) is 64.2 Å². The van der Waals surface area contributed by atoms with Gasteiger partial charge in [0, 0.05) is 31.5 Å². The third-order valence-electron chi connectivity index (χ3n) is 4.28. The van der Waals surface area contributed by atoms with Gasteiger partial charge in [-0.2, -0.15) is 5.10 Å². The lowest BCUT2D eigenvalue weighted by Gasteiger charge is -2.35. The molecule has 1 unspecified atom stereocenters. The largest absolute Gasteiger partial charge is 0.338 e. The molecule has 22 heavy (non-hydrogen) atoms. The highest BCUT2D eigenvalue weighted by atomic mass is 16.2. The minimum Gasteiger partial charge on any atom is -0.338 e. The fraction of sp³-hybridized carbons (Fsp3) is 0.412. The number of nitrogens with zero attached hydrogens (tertiary/aromatic N) is 3. The fourth-order valence-electron chi connectivity index (χ4n) is 3.04. The average molecular weight is 298 g/mol. The summed E-state index contributed by atoms with van der Waals surface area (Å²) in [5.74, 6) is 0.182. The minimum atomic E-state index is 0.182. The van der Waals surface area contributed by atoms with Gasteiger partial charge in [-0.1, -0.05) is 12.1 Å². The highest BCUT2D eigenvalue weighted by molar-refractivity contribution is 5.79. The van der Waals surface area contributed by atoms with Crippen LogP contribution in [0.25, 0.3) is 5.69 Å². The molecular weight excluding hydrogens is 276 g/mol. The van der Waals surface area contributed by atoms with Gasteiger partial charge in [0.05, 0.1) is 12.1 Å². The zero-order valence-electron chi connectivity index (χ0n) is 12.7. The highest BCUT2D eigenvalue weighted by Gasteiger charge is 2.25. The summed E-state index contributed by atoms with van der Waals surface area (Å²) in [6.07, 6.45) is 7.38. The van der Waals surface area contributed by atoms with E-state index < -0.39 is 0 Å². The Kier molecular flexibility index (Phi) is 4.53. The van der Waals surface area contributed by atoms with Crippen molar-refractivity contribution >= 4 is 5.91 Å². The molecule has 2 aromatic rings. The van der Waals surface area contributed by atoms with E-state index in [0.29, 0.717) is 13.0 Å². The number of carbonyl (C=O) groups excluding carboxylic acids is 1. The summed E-state index contributed by atoms with van der Waals surface area (Å²) < 4.78 is 1.81. The Balaban J connectivity index is 1.66. The normalized spacial score (nSPS) is 18.4. The second-order valence-electron chi connectivity index (χ2n) is 5.77. The number of nitrogens with two attached hydrogens (primary N) is 1. The smallest absolute Gasteiger partial charge is 0.227 e. The average Bonchev–Trinajstić information content (AvgIpc) is 3.10. The third kappa shape index (κ3) is 3.20. The van der Waals surface area contributed by atoms with E-state index in [0.717, 1.165) is 30.6 Å². The highest BCUT2D eigenvalue weighted by Crippen LogP contribution is 2.18. The standard InChI is InChI=1S/C17H22N4O/c18-13-16-4-1-2-10-20(16)17(22)12-14-5-7-15(8-6-14)21-11-3-9-19-21/h3,5-9,11,16H,1-2,4,10,12-13,18H2. The van der Waals surface area contributed by atoms with Crippen molar-refractivity contribution in [1.29, 1.82) is 0 Å². The van der Waals surface area contributed by atoms with Gasteiger partial charge in [-0.3, -0.25) is 4.79 Å². The van der Waals surface area contributed by atoms with Gasteiger partial charge in [0.2, 0.25) is 5.91 Å². The Bertz CT molecular complexity index is 606. The quantitative estimate of drug-likeness (QED) is 0.935. The van der Waals surface area contributed by atoms with E-state index in [9.17, 15) is 4.79 Å². The van der Waals surface area contributed by atoms with Crippen molar-refractivity contribution in [1.82, 2.24) is 14.7 Å².